The summed E-state index contributed by atoms with van der Waals surface area (Å²) in [6.07, 6.45) is 9.45. The lowest BCUT2D eigenvalue weighted by Crippen LogP contribution is -2.60. The van der Waals surface area contributed by atoms with E-state index in [0.717, 1.165) is 44.9 Å². The lowest BCUT2D eigenvalue weighted by Gasteiger charge is -2.43. The van der Waals surface area contributed by atoms with Gasteiger partial charge in [-0.25, -0.2) is 0 Å². The molecular weight excluding hydrogens is 500 g/mol. The first-order chi connectivity index (χ1) is 18.2. The molecule has 0 saturated carbocycles. The molecule has 3 aliphatic heterocycles. The van der Waals surface area contributed by atoms with Gasteiger partial charge in [-0.1, -0.05) is 52.7 Å². The fourth-order valence-electron chi connectivity index (χ4n) is 6.81. The summed E-state index contributed by atoms with van der Waals surface area (Å²) in [6.45, 7) is 17.0. The minimum absolute atomic E-state index is 0.00532. The number of aliphatic hydroxyl groups is 1. The van der Waals surface area contributed by atoms with Crippen LogP contribution < -0.4 is 0 Å². The predicted octanol–water partition coefficient (Wildman–Crippen LogP) is 4.44. The van der Waals surface area contributed by atoms with Crippen LogP contribution in [0, 0.1) is 23.7 Å². The highest BCUT2D eigenvalue weighted by atomic mass is 32.2. The number of esters is 1. The molecule has 3 saturated heterocycles. The van der Waals surface area contributed by atoms with Crippen molar-refractivity contribution >= 4 is 29.5 Å². The maximum atomic E-state index is 14.4. The van der Waals surface area contributed by atoms with Gasteiger partial charge >= 0.3 is 5.97 Å². The molecular formula is C30H48N2O5S. The molecule has 1 spiro atoms. The minimum atomic E-state index is -0.724. The van der Waals surface area contributed by atoms with Crippen LogP contribution in [0.4, 0.5) is 0 Å². The van der Waals surface area contributed by atoms with Gasteiger partial charge in [-0.2, -0.15) is 0 Å². The number of amides is 2. The molecule has 0 aromatic rings. The van der Waals surface area contributed by atoms with Gasteiger partial charge < -0.3 is 19.6 Å². The number of thioether (sulfide) groups is 1. The van der Waals surface area contributed by atoms with Gasteiger partial charge in [0, 0.05) is 18.3 Å². The van der Waals surface area contributed by atoms with E-state index in [1.165, 1.54) is 0 Å². The van der Waals surface area contributed by atoms with Gasteiger partial charge in [0.15, 0.2) is 0 Å². The zero-order chi connectivity index (χ0) is 28.0. The van der Waals surface area contributed by atoms with Crippen LogP contribution in [-0.4, -0.2) is 81.1 Å². The highest BCUT2D eigenvalue weighted by Crippen LogP contribution is 2.69. The second-order valence-electron chi connectivity index (χ2n) is 11.3. The largest absolute Gasteiger partial charge is 0.465 e. The van der Waals surface area contributed by atoms with E-state index in [0.29, 0.717) is 19.7 Å². The van der Waals surface area contributed by atoms with Crippen molar-refractivity contribution < 1.29 is 24.2 Å². The van der Waals surface area contributed by atoms with E-state index in [1.807, 2.05) is 24.8 Å². The number of ether oxygens (including phenoxy) is 1. The van der Waals surface area contributed by atoms with Crippen LogP contribution in [0.15, 0.2) is 25.3 Å². The second-order valence-corrected chi connectivity index (χ2v) is 12.9. The number of carbonyl (C=O) groups is 3. The molecule has 8 heteroatoms. The van der Waals surface area contributed by atoms with E-state index >= 15 is 0 Å². The first-order valence-corrected chi connectivity index (χ1v) is 15.4. The number of allylic oxidation sites excluding steroid dienone is 1. The van der Waals surface area contributed by atoms with E-state index in [-0.39, 0.29) is 41.5 Å². The number of hydrogen-bond donors (Lipinski definition) is 1. The smallest absolute Gasteiger partial charge is 0.310 e. The standard InChI is InChI=1S/C30H48N2O5S/c1-7-11-13-14-17-37-29(36)24-23-18-21(6)30(38-23)25(24)27(34)32(22(19-33)20(5)10-4)26(30)28(35)31(15-9-3)16-12-8-2/h7,9,20-26,33H,1,3,8,10-19H2,2,4-6H3/t20-,21?,22-,23+,24-,25-,26?,30?/m0/s1. The Morgan fingerprint density at radius 1 is 1.26 bits per heavy atom. The average Bonchev–Trinajstić information content (AvgIpc) is 3.50. The first kappa shape index (κ1) is 30.7. The van der Waals surface area contributed by atoms with Crippen LogP contribution in [0.5, 0.6) is 0 Å². The summed E-state index contributed by atoms with van der Waals surface area (Å²) in [5.41, 5.74) is 0. The average molecular weight is 549 g/mol. The van der Waals surface area contributed by atoms with Crippen molar-refractivity contribution in [2.75, 3.05) is 26.3 Å². The third-order valence-corrected chi connectivity index (χ3v) is 11.1. The van der Waals surface area contributed by atoms with Gasteiger partial charge in [-0.15, -0.1) is 24.9 Å². The molecule has 1 N–H and O–H groups in total. The molecule has 2 bridgehead atoms. The summed E-state index contributed by atoms with van der Waals surface area (Å²) in [6, 6.07) is -1.21. The van der Waals surface area contributed by atoms with Crippen LogP contribution in [0.2, 0.25) is 0 Å². The molecule has 0 radical (unpaired) electrons. The maximum absolute atomic E-state index is 14.4. The Hall–Kier alpha value is -1.80. The van der Waals surface area contributed by atoms with Gasteiger partial charge in [0.1, 0.15) is 6.04 Å². The number of likely N-dealkylation sites (tertiary alicyclic amines) is 1. The van der Waals surface area contributed by atoms with Crippen LogP contribution in [-0.2, 0) is 19.1 Å². The van der Waals surface area contributed by atoms with E-state index in [1.54, 1.807) is 22.7 Å². The van der Waals surface area contributed by atoms with Crippen molar-refractivity contribution in [3.63, 3.8) is 0 Å². The fourth-order valence-corrected chi connectivity index (χ4v) is 9.20. The van der Waals surface area contributed by atoms with Gasteiger partial charge in [0.25, 0.3) is 0 Å². The second kappa shape index (κ2) is 13.5. The molecule has 3 fully saturated rings. The third-order valence-electron chi connectivity index (χ3n) is 9.02. The molecule has 3 aliphatic rings. The Kier molecular flexibility index (Phi) is 10.9. The molecule has 3 unspecified atom stereocenters. The van der Waals surface area contributed by atoms with E-state index < -0.39 is 28.7 Å². The zero-order valence-electron chi connectivity index (χ0n) is 23.8. The molecule has 7 nitrogen and oxygen atoms in total. The third kappa shape index (κ3) is 5.45. The number of carbonyl (C=O) groups excluding carboxylic acids is 3. The monoisotopic (exact) mass is 548 g/mol. The molecule has 8 atom stereocenters. The summed E-state index contributed by atoms with van der Waals surface area (Å²) in [7, 11) is 0. The molecule has 3 heterocycles. The van der Waals surface area contributed by atoms with E-state index in [9.17, 15) is 19.5 Å². The summed E-state index contributed by atoms with van der Waals surface area (Å²) in [5.74, 6) is -1.68. The Morgan fingerprint density at radius 2 is 2.00 bits per heavy atom. The van der Waals surface area contributed by atoms with Gasteiger partial charge in [0.05, 0.1) is 35.8 Å². The zero-order valence-corrected chi connectivity index (χ0v) is 24.6. The van der Waals surface area contributed by atoms with Gasteiger partial charge in [-0.3, -0.25) is 14.4 Å². The van der Waals surface area contributed by atoms with Crippen molar-refractivity contribution in [3.8, 4) is 0 Å². The van der Waals surface area contributed by atoms with Crippen LogP contribution in [0.3, 0.4) is 0 Å². The van der Waals surface area contributed by atoms with Crippen molar-refractivity contribution in [1.82, 2.24) is 9.80 Å². The summed E-state index contributed by atoms with van der Waals surface area (Å²) < 4.78 is 5.01. The first-order valence-electron chi connectivity index (χ1n) is 14.5. The highest BCUT2D eigenvalue weighted by Gasteiger charge is 2.77. The lowest BCUT2D eigenvalue weighted by molar-refractivity contribution is -0.155. The minimum Gasteiger partial charge on any atom is -0.465 e. The summed E-state index contributed by atoms with van der Waals surface area (Å²) in [4.78, 5) is 45.8. The maximum Gasteiger partial charge on any atom is 0.310 e. The predicted molar refractivity (Wildman–Crippen MR) is 153 cm³/mol. The highest BCUT2D eigenvalue weighted by molar-refractivity contribution is 8.02. The van der Waals surface area contributed by atoms with Crippen molar-refractivity contribution in [2.24, 2.45) is 23.7 Å². The number of rotatable bonds is 16. The van der Waals surface area contributed by atoms with Crippen molar-refractivity contribution in [1.29, 1.82) is 0 Å². The van der Waals surface area contributed by atoms with Crippen LogP contribution in [0.25, 0.3) is 0 Å². The van der Waals surface area contributed by atoms with Crippen molar-refractivity contribution in [3.05, 3.63) is 25.3 Å². The van der Waals surface area contributed by atoms with Gasteiger partial charge in [-0.05, 0) is 43.9 Å². The lowest BCUT2D eigenvalue weighted by atomic mass is 9.66. The number of unbranched alkanes of at least 4 members (excludes halogenated alkanes) is 3. The Morgan fingerprint density at radius 3 is 2.61 bits per heavy atom. The quantitative estimate of drug-likeness (QED) is 0.174. The molecule has 0 aromatic heterocycles. The Balaban J connectivity index is 2.02. The van der Waals surface area contributed by atoms with Crippen molar-refractivity contribution in [2.45, 2.75) is 94.7 Å². The Bertz CT molecular complexity index is 881. The number of nitrogens with zero attached hydrogens (tertiary/aromatic N) is 2. The number of aliphatic hydroxyl groups excluding tert-OH is 1. The van der Waals surface area contributed by atoms with Gasteiger partial charge in [0.2, 0.25) is 11.8 Å². The van der Waals surface area contributed by atoms with E-state index in [4.69, 9.17) is 4.74 Å². The molecule has 214 valence electrons. The number of hydrogen-bond acceptors (Lipinski definition) is 6. The molecule has 0 aliphatic carbocycles. The van der Waals surface area contributed by atoms with Crippen LogP contribution >= 0.6 is 11.8 Å². The molecule has 0 aromatic carbocycles. The molecule has 3 rings (SSSR count). The number of fused-ring (bicyclic) bond motifs is 1. The van der Waals surface area contributed by atoms with Crippen LogP contribution in [0.1, 0.15) is 72.6 Å². The normalized spacial score (nSPS) is 31.1. The summed E-state index contributed by atoms with van der Waals surface area (Å²) >= 11 is 1.66. The van der Waals surface area contributed by atoms with E-state index in [2.05, 4.69) is 27.0 Å². The summed E-state index contributed by atoms with van der Waals surface area (Å²) in [5, 5.41) is 10.5. The molecule has 2 amide bonds. The molecule has 38 heavy (non-hydrogen) atoms. The Labute approximate surface area is 233 Å². The topological polar surface area (TPSA) is 87.1 Å². The SMILES string of the molecule is C=CCCCCOC(=O)[C@@H]1[C@H]2C(=O)N([C@@H](CO)[C@@H](C)CC)C(C(=O)N(CC=C)CCCC)C23S[C@@H]1CC3C. The fraction of sp³-hybridized carbons (Fsp3) is 0.767.